The van der Waals surface area contributed by atoms with Crippen molar-refractivity contribution < 1.29 is 46.1 Å². The van der Waals surface area contributed by atoms with Gasteiger partial charge in [-0.25, -0.2) is 0 Å². The minimum absolute atomic E-state index is 0. The molecule has 0 nitrogen and oxygen atoms in total. The molecule has 4 aliphatic rings. The molecule has 0 bridgehead atoms. The summed E-state index contributed by atoms with van der Waals surface area (Å²) in [4.78, 5) is 0. The average molecular weight is 715 g/mol. The van der Waals surface area contributed by atoms with Crippen LogP contribution in [0.25, 0.3) is 0 Å². The second-order valence-electron chi connectivity index (χ2n) is 8.76. The molecule has 34 heavy (non-hydrogen) atoms. The Hall–Kier alpha value is -0.607. The molecule has 4 aliphatic carbocycles. The van der Waals surface area contributed by atoms with E-state index in [1.165, 1.54) is 47.0 Å². The van der Waals surface area contributed by atoms with E-state index in [0.717, 1.165) is 23.7 Å². The van der Waals surface area contributed by atoms with Crippen molar-refractivity contribution >= 4 is 18.8 Å². The Balaban J connectivity index is 0.000000181. The van der Waals surface area contributed by atoms with Gasteiger partial charge in [0.25, 0.3) is 0 Å². The van der Waals surface area contributed by atoms with Crippen molar-refractivity contribution in [2.24, 2.45) is 23.7 Å². The monoisotopic (exact) mass is 716 g/mol. The molecule has 0 heterocycles. The molecular formula is C30H32Cl2GeHf-2. The van der Waals surface area contributed by atoms with E-state index in [0.29, 0.717) is 0 Å². The van der Waals surface area contributed by atoms with E-state index in [-0.39, 0.29) is 24.8 Å². The third kappa shape index (κ3) is 8.80. The molecule has 2 saturated carbocycles. The predicted octanol–water partition coefficient (Wildman–Crippen LogP) is 0.0329. The van der Waals surface area contributed by atoms with Gasteiger partial charge in [-0.05, 0) is 11.8 Å². The fraction of sp³-hybridized carbons (Fsp3) is 0.267. The van der Waals surface area contributed by atoms with Gasteiger partial charge in [0, 0.05) is 0 Å². The van der Waals surface area contributed by atoms with E-state index in [1.54, 1.807) is 8.79 Å². The van der Waals surface area contributed by atoms with Gasteiger partial charge >= 0.3 is 101 Å². The zero-order valence-electron chi connectivity index (χ0n) is 19.4. The van der Waals surface area contributed by atoms with Gasteiger partial charge in [0.1, 0.15) is 0 Å². The Labute approximate surface area is 234 Å². The van der Waals surface area contributed by atoms with Gasteiger partial charge in [0.15, 0.2) is 0 Å². The molecule has 6 rings (SSSR count). The van der Waals surface area contributed by atoms with Crippen molar-refractivity contribution in [3.05, 3.63) is 122 Å². The summed E-state index contributed by atoms with van der Waals surface area (Å²) in [5.41, 5.74) is 0. The van der Waals surface area contributed by atoms with Gasteiger partial charge in [0.2, 0.25) is 0 Å². The normalized spacial score (nSPS) is 24.8. The number of rotatable bonds is 2. The standard InChI is InChI=1S/C12H10Ge.2C9H11.2ClH.Hf/c1-3-7-11(8-4-1)13-12-9-5-2-6-10-12;2*1-2-5-9-7-3-6-8(9)4-1;;;/h1-10H;2*1-2,4-6,8-9H,3,7H2;2*1H;/q;2*-1;;;+2/p-2. The minimum atomic E-state index is -1.06. The van der Waals surface area contributed by atoms with Crippen LogP contribution in [0.2, 0.25) is 0 Å². The third-order valence-electron chi connectivity index (χ3n) is 6.60. The van der Waals surface area contributed by atoms with Gasteiger partial charge in [-0.15, -0.1) is 24.0 Å². The molecule has 0 aromatic heterocycles. The van der Waals surface area contributed by atoms with E-state index >= 15 is 0 Å². The molecule has 2 aromatic rings. The zero-order chi connectivity index (χ0) is 22.0. The number of benzene rings is 2. The molecule has 176 valence electrons. The first-order valence-corrected chi connectivity index (χ1v) is 24.4. The van der Waals surface area contributed by atoms with Crippen LogP contribution in [-0.2, 0) is 21.3 Å². The fourth-order valence-corrected chi connectivity index (χ4v) is 13.9. The number of fused-ring (bicyclic) bond motifs is 2. The molecule has 0 saturated heterocycles. The van der Waals surface area contributed by atoms with Crippen molar-refractivity contribution in [2.45, 2.75) is 25.7 Å². The van der Waals surface area contributed by atoms with E-state index in [2.05, 4.69) is 122 Å². The van der Waals surface area contributed by atoms with Crippen LogP contribution in [0.3, 0.4) is 0 Å². The number of allylic oxidation sites excluding steroid dienone is 8. The summed E-state index contributed by atoms with van der Waals surface area (Å²) >= 11 is 1.33. The molecule has 0 N–H and O–H groups in total. The van der Waals surface area contributed by atoms with Crippen molar-refractivity contribution in [3.8, 4) is 0 Å². The summed E-state index contributed by atoms with van der Waals surface area (Å²) < 4.78 is 3.20. The molecule has 2 aromatic carbocycles. The summed E-state index contributed by atoms with van der Waals surface area (Å²) in [6.07, 6.45) is 28.1. The Morgan fingerprint density at radius 1 is 0.588 bits per heavy atom. The van der Waals surface area contributed by atoms with Gasteiger partial charge in [-0.1, -0.05) is 49.3 Å². The predicted molar refractivity (Wildman–Crippen MR) is 135 cm³/mol. The average Bonchev–Trinajstić information content (AvgIpc) is 3.55. The van der Waals surface area contributed by atoms with Crippen LogP contribution in [0.4, 0.5) is 0 Å². The van der Waals surface area contributed by atoms with Crippen molar-refractivity contribution in [1.29, 1.82) is 0 Å². The van der Waals surface area contributed by atoms with Crippen molar-refractivity contribution in [2.75, 3.05) is 0 Å². The van der Waals surface area contributed by atoms with Gasteiger partial charge in [-0.3, -0.25) is 0 Å². The third-order valence-corrected chi connectivity index (χ3v) is 21.2. The topological polar surface area (TPSA) is 0 Å². The molecule has 4 atom stereocenters. The van der Waals surface area contributed by atoms with Gasteiger partial charge in [0.05, 0.1) is 0 Å². The second-order valence-corrected chi connectivity index (χ2v) is 22.1. The molecule has 0 spiro atoms. The van der Waals surface area contributed by atoms with Crippen LogP contribution in [0, 0.1) is 36.5 Å². The van der Waals surface area contributed by atoms with Crippen LogP contribution in [-0.4, -0.2) is 10.1 Å². The van der Waals surface area contributed by atoms with E-state index < -0.39 is 10.1 Å². The second kappa shape index (κ2) is 16.2. The first-order valence-electron chi connectivity index (χ1n) is 11.9. The molecule has 4 unspecified atom stereocenters. The maximum absolute atomic E-state index is 2.42. The summed E-state index contributed by atoms with van der Waals surface area (Å²) in [5, 5.41) is 0. The summed E-state index contributed by atoms with van der Waals surface area (Å²) in [6, 6.07) is 22.0. The first kappa shape index (κ1) is 29.6. The Morgan fingerprint density at radius 2 is 0.971 bits per heavy atom. The quantitative estimate of drug-likeness (QED) is 0.305. The van der Waals surface area contributed by atoms with Crippen molar-refractivity contribution in [1.82, 2.24) is 0 Å². The first-order chi connectivity index (χ1) is 15.8. The maximum atomic E-state index is 2.42. The Morgan fingerprint density at radius 3 is 1.35 bits per heavy atom. The molecule has 0 amide bonds. The van der Waals surface area contributed by atoms with E-state index in [4.69, 9.17) is 0 Å². The van der Waals surface area contributed by atoms with Gasteiger partial charge < -0.3 is 37.7 Å². The van der Waals surface area contributed by atoms with Crippen LogP contribution < -0.4 is 33.6 Å². The summed E-state index contributed by atoms with van der Waals surface area (Å²) in [6.45, 7) is 0. The van der Waals surface area contributed by atoms with Crippen molar-refractivity contribution in [3.63, 3.8) is 0 Å². The molecule has 2 fully saturated rings. The van der Waals surface area contributed by atoms with E-state index in [1.807, 2.05) is 0 Å². The molecule has 0 aliphatic heterocycles. The molecule has 4 heteroatoms. The zero-order valence-corrected chi connectivity index (χ0v) is 26.6. The fourth-order valence-electron chi connectivity index (χ4n) is 4.76. The Bertz CT molecular complexity index is 866. The summed E-state index contributed by atoms with van der Waals surface area (Å²) in [7, 11) is -1.06. The van der Waals surface area contributed by atoms with Crippen LogP contribution in [0.1, 0.15) is 25.7 Å². The molecule has 0 radical (unpaired) electrons. The van der Waals surface area contributed by atoms with E-state index in [9.17, 15) is 0 Å². The number of hydrogen-bond donors (Lipinski definition) is 0. The summed E-state index contributed by atoms with van der Waals surface area (Å²) in [5.74, 6) is 3.23. The molecular weight excluding hydrogens is 682 g/mol. The van der Waals surface area contributed by atoms with Gasteiger partial charge in [-0.2, -0.15) is 12.8 Å². The SMILES string of the molecule is C1=CC2[CH-]CCC2C=C1.C1=CC2[CH-]CCC2C=C1.[Cl-].[Cl-].[Hf+2]=[Ge]([c]1ccccc1)[c]1ccccc1. The van der Waals surface area contributed by atoms with Crippen LogP contribution in [0.15, 0.2) is 109 Å². The number of halogens is 2. The number of hydrogen-bond acceptors (Lipinski definition) is 0. The van der Waals surface area contributed by atoms with Crippen LogP contribution >= 0.6 is 0 Å². The van der Waals surface area contributed by atoms with Crippen LogP contribution in [0.5, 0.6) is 0 Å². The Kier molecular flexibility index (Phi) is 14.1.